The summed E-state index contributed by atoms with van der Waals surface area (Å²) in [5, 5.41) is 20.7. The molecule has 1 amide bonds. The van der Waals surface area contributed by atoms with E-state index < -0.39 is 28.4 Å². The molecule has 20 heavy (non-hydrogen) atoms. The first-order valence-electron chi connectivity index (χ1n) is 6.31. The second-order valence-corrected chi connectivity index (χ2v) is 5.00. The molecule has 1 aliphatic heterocycles. The minimum absolute atomic E-state index is 0.0709. The zero-order valence-corrected chi connectivity index (χ0v) is 11.0. The van der Waals surface area contributed by atoms with Gasteiger partial charge in [0.1, 0.15) is 11.4 Å². The number of amides is 1. The lowest BCUT2D eigenvalue weighted by atomic mass is 9.95. The zero-order chi connectivity index (χ0) is 14.9. The zero-order valence-electron chi connectivity index (χ0n) is 11.0. The number of benzene rings is 1. The highest BCUT2D eigenvalue weighted by Gasteiger charge is 2.31. The van der Waals surface area contributed by atoms with Crippen molar-refractivity contribution >= 4 is 11.6 Å². The first kappa shape index (κ1) is 14.4. The average Bonchev–Trinajstić information content (AvgIpc) is 2.40. The number of likely N-dealkylation sites (tertiary alicyclic amines) is 1. The van der Waals surface area contributed by atoms with Crippen LogP contribution in [-0.2, 0) is 0 Å². The first-order valence-corrected chi connectivity index (χ1v) is 6.31. The molecule has 0 spiro atoms. The fraction of sp³-hybridized carbons (Fsp3) is 0.462. The van der Waals surface area contributed by atoms with Gasteiger partial charge in [0.25, 0.3) is 11.6 Å². The maximum atomic E-state index is 13.2. The van der Waals surface area contributed by atoms with Crippen LogP contribution in [0.25, 0.3) is 0 Å². The van der Waals surface area contributed by atoms with Crippen LogP contribution in [0.3, 0.4) is 0 Å². The molecular weight excluding hydrogens is 267 g/mol. The van der Waals surface area contributed by atoms with Crippen molar-refractivity contribution < 1.29 is 19.2 Å². The number of hydrogen-bond donors (Lipinski definition) is 1. The Morgan fingerprint density at radius 2 is 2.25 bits per heavy atom. The average molecular weight is 282 g/mol. The molecule has 0 aliphatic carbocycles. The predicted molar refractivity (Wildman–Crippen MR) is 68.7 cm³/mol. The Morgan fingerprint density at radius 3 is 2.85 bits per heavy atom. The Bertz CT molecular complexity index is 549. The van der Waals surface area contributed by atoms with Gasteiger partial charge in [-0.15, -0.1) is 0 Å². The Balaban J connectivity index is 2.29. The number of rotatable bonds is 2. The third-order valence-electron chi connectivity index (χ3n) is 3.59. The lowest BCUT2D eigenvalue weighted by Crippen LogP contribution is -2.46. The normalized spacial score (nSPS) is 22.6. The van der Waals surface area contributed by atoms with E-state index in [2.05, 4.69) is 0 Å². The van der Waals surface area contributed by atoms with Crippen LogP contribution in [0.15, 0.2) is 18.2 Å². The number of aliphatic hydroxyl groups excluding tert-OH is 1. The Morgan fingerprint density at radius 1 is 1.55 bits per heavy atom. The van der Waals surface area contributed by atoms with Crippen molar-refractivity contribution in [1.82, 2.24) is 4.90 Å². The van der Waals surface area contributed by atoms with E-state index in [1.54, 1.807) is 0 Å². The molecular formula is C13H15FN2O4. The monoisotopic (exact) mass is 282 g/mol. The van der Waals surface area contributed by atoms with Gasteiger partial charge >= 0.3 is 0 Å². The third-order valence-corrected chi connectivity index (χ3v) is 3.59. The number of halogens is 1. The summed E-state index contributed by atoms with van der Waals surface area (Å²) in [7, 11) is 0. The molecule has 2 unspecified atom stereocenters. The number of nitrogens with zero attached hydrogens (tertiary/aromatic N) is 2. The van der Waals surface area contributed by atoms with Crippen molar-refractivity contribution in [3.8, 4) is 0 Å². The molecule has 1 heterocycles. The Hall–Kier alpha value is -2.02. The SMILES string of the molecule is CC1CCN(C(=O)c2cc(F)ccc2[N+](=O)[O-])CC1O. The number of piperidine rings is 1. The standard InChI is InChI=1S/C13H15FN2O4/c1-8-4-5-15(7-12(8)17)13(18)10-6-9(14)2-3-11(10)16(19)20/h2-3,6,8,12,17H,4-5,7H2,1H3. The Labute approximate surface area is 115 Å². The number of aliphatic hydroxyl groups is 1. The second kappa shape index (κ2) is 5.54. The van der Waals surface area contributed by atoms with E-state index >= 15 is 0 Å². The van der Waals surface area contributed by atoms with Gasteiger partial charge in [0, 0.05) is 19.2 Å². The molecule has 0 bridgehead atoms. The molecule has 0 saturated carbocycles. The lowest BCUT2D eigenvalue weighted by molar-refractivity contribution is -0.385. The first-order chi connectivity index (χ1) is 9.40. The van der Waals surface area contributed by atoms with Gasteiger partial charge < -0.3 is 10.0 Å². The molecule has 0 aromatic heterocycles. The largest absolute Gasteiger partial charge is 0.391 e. The molecule has 0 radical (unpaired) electrons. The highest BCUT2D eigenvalue weighted by atomic mass is 19.1. The smallest absolute Gasteiger partial charge is 0.282 e. The molecule has 1 aromatic rings. The van der Waals surface area contributed by atoms with Gasteiger partial charge in [0.15, 0.2) is 0 Å². The highest BCUT2D eigenvalue weighted by molar-refractivity contribution is 5.98. The van der Waals surface area contributed by atoms with Crippen LogP contribution in [-0.4, -0.2) is 40.0 Å². The minimum Gasteiger partial charge on any atom is -0.391 e. The molecule has 1 aliphatic rings. The number of nitro benzene ring substituents is 1. The maximum absolute atomic E-state index is 13.2. The summed E-state index contributed by atoms with van der Waals surface area (Å²) < 4.78 is 13.2. The highest BCUT2D eigenvalue weighted by Crippen LogP contribution is 2.24. The number of nitro groups is 1. The van der Waals surface area contributed by atoms with E-state index in [0.717, 1.165) is 18.2 Å². The fourth-order valence-electron chi connectivity index (χ4n) is 2.24. The third kappa shape index (κ3) is 2.77. The van der Waals surface area contributed by atoms with Gasteiger partial charge in [0.05, 0.1) is 11.0 Å². The van der Waals surface area contributed by atoms with Crippen LogP contribution < -0.4 is 0 Å². The van der Waals surface area contributed by atoms with Crippen molar-refractivity contribution in [1.29, 1.82) is 0 Å². The van der Waals surface area contributed by atoms with E-state index in [4.69, 9.17) is 0 Å². The summed E-state index contributed by atoms with van der Waals surface area (Å²) in [6.07, 6.45) is -0.0592. The molecule has 6 nitrogen and oxygen atoms in total. The topological polar surface area (TPSA) is 83.7 Å². The maximum Gasteiger partial charge on any atom is 0.282 e. The van der Waals surface area contributed by atoms with Crippen LogP contribution in [0.2, 0.25) is 0 Å². The van der Waals surface area contributed by atoms with E-state index in [9.17, 15) is 24.4 Å². The summed E-state index contributed by atoms with van der Waals surface area (Å²) in [5.74, 6) is -1.26. The van der Waals surface area contributed by atoms with E-state index in [0.29, 0.717) is 13.0 Å². The van der Waals surface area contributed by atoms with Gasteiger partial charge in [-0.2, -0.15) is 0 Å². The summed E-state index contributed by atoms with van der Waals surface area (Å²) >= 11 is 0. The van der Waals surface area contributed by atoms with Crippen molar-refractivity contribution in [3.63, 3.8) is 0 Å². The Kier molecular flexibility index (Phi) is 3.99. The number of carbonyl (C=O) groups is 1. The van der Waals surface area contributed by atoms with Gasteiger partial charge in [0.2, 0.25) is 0 Å². The second-order valence-electron chi connectivity index (χ2n) is 5.00. The van der Waals surface area contributed by atoms with E-state index in [1.165, 1.54) is 4.90 Å². The van der Waals surface area contributed by atoms with Crippen molar-refractivity contribution in [2.24, 2.45) is 5.92 Å². The van der Waals surface area contributed by atoms with Crippen LogP contribution >= 0.6 is 0 Å². The molecule has 108 valence electrons. The molecule has 7 heteroatoms. The summed E-state index contributed by atoms with van der Waals surface area (Å²) in [6.45, 7) is 2.37. The van der Waals surface area contributed by atoms with Crippen molar-refractivity contribution in [2.75, 3.05) is 13.1 Å². The van der Waals surface area contributed by atoms with Crippen LogP contribution in [0.5, 0.6) is 0 Å². The lowest BCUT2D eigenvalue weighted by Gasteiger charge is -2.34. The number of β-amino-alcohol motifs (C(OH)–C–C–N with tert-alkyl or cyclic N) is 1. The quantitative estimate of drug-likeness (QED) is 0.659. The fourth-order valence-corrected chi connectivity index (χ4v) is 2.24. The number of hydrogen-bond acceptors (Lipinski definition) is 4. The molecule has 1 saturated heterocycles. The van der Waals surface area contributed by atoms with Gasteiger partial charge in [-0.25, -0.2) is 4.39 Å². The molecule has 1 fully saturated rings. The van der Waals surface area contributed by atoms with E-state index in [1.807, 2.05) is 6.92 Å². The molecule has 1 N–H and O–H groups in total. The van der Waals surface area contributed by atoms with E-state index in [-0.39, 0.29) is 18.0 Å². The summed E-state index contributed by atoms with van der Waals surface area (Å²) in [6, 6.07) is 2.79. The van der Waals surface area contributed by atoms with Gasteiger partial charge in [-0.3, -0.25) is 14.9 Å². The minimum atomic E-state index is -0.713. The summed E-state index contributed by atoms with van der Waals surface area (Å²) in [4.78, 5) is 23.8. The van der Waals surface area contributed by atoms with Gasteiger partial charge in [-0.05, 0) is 24.5 Å². The summed E-state index contributed by atoms with van der Waals surface area (Å²) in [5.41, 5.74) is -0.707. The van der Waals surface area contributed by atoms with Crippen LogP contribution in [0.4, 0.5) is 10.1 Å². The van der Waals surface area contributed by atoms with Crippen molar-refractivity contribution in [3.05, 3.63) is 39.7 Å². The predicted octanol–water partition coefficient (Wildman–Crippen LogP) is 1.58. The molecule has 2 atom stereocenters. The van der Waals surface area contributed by atoms with Crippen molar-refractivity contribution in [2.45, 2.75) is 19.4 Å². The number of carbonyl (C=O) groups excluding carboxylic acids is 1. The van der Waals surface area contributed by atoms with Crippen LogP contribution in [0, 0.1) is 21.8 Å². The molecule has 1 aromatic carbocycles. The molecule has 2 rings (SSSR count). The van der Waals surface area contributed by atoms with Gasteiger partial charge in [-0.1, -0.05) is 6.92 Å². The van der Waals surface area contributed by atoms with Crippen LogP contribution in [0.1, 0.15) is 23.7 Å².